The van der Waals surface area contributed by atoms with Crippen molar-refractivity contribution >= 4 is 11.9 Å². The minimum Gasteiger partial charge on any atom is -0.478 e. The predicted octanol–water partition coefficient (Wildman–Crippen LogP) is 2.83. The van der Waals surface area contributed by atoms with Crippen LogP contribution in [0, 0.1) is 0 Å². The molecule has 2 N–H and O–H groups in total. The van der Waals surface area contributed by atoms with Crippen molar-refractivity contribution in [3.05, 3.63) is 59.7 Å². The zero-order valence-corrected chi connectivity index (χ0v) is 14.7. The second-order valence-corrected chi connectivity index (χ2v) is 5.61. The van der Waals surface area contributed by atoms with E-state index in [1.807, 2.05) is 0 Å². The lowest BCUT2D eigenvalue weighted by molar-refractivity contribution is 0.0687. The summed E-state index contributed by atoms with van der Waals surface area (Å²) < 4.78 is 10.2. The van der Waals surface area contributed by atoms with Crippen LogP contribution < -0.4 is 5.32 Å². The van der Waals surface area contributed by atoms with Gasteiger partial charge in [-0.2, -0.15) is 0 Å². The molecular formula is C20H23NO5. The Morgan fingerprint density at radius 2 is 1.54 bits per heavy atom. The highest BCUT2D eigenvalue weighted by molar-refractivity contribution is 6.04. The number of carbonyl (C=O) groups is 2. The zero-order chi connectivity index (χ0) is 18.8. The van der Waals surface area contributed by atoms with Gasteiger partial charge in [-0.05, 0) is 29.7 Å². The zero-order valence-electron chi connectivity index (χ0n) is 14.7. The molecule has 0 aliphatic carbocycles. The fourth-order valence-corrected chi connectivity index (χ4v) is 2.54. The summed E-state index contributed by atoms with van der Waals surface area (Å²) >= 11 is 0. The Labute approximate surface area is 152 Å². The molecule has 0 unspecified atom stereocenters. The highest BCUT2D eigenvalue weighted by Crippen LogP contribution is 2.27. The van der Waals surface area contributed by atoms with Crippen LogP contribution in [-0.2, 0) is 9.47 Å². The number of ether oxygens (including phenoxy) is 2. The summed E-state index contributed by atoms with van der Waals surface area (Å²) in [7, 11) is 1.61. The van der Waals surface area contributed by atoms with Crippen molar-refractivity contribution in [1.82, 2.24) is 5.32 Å². The summed E-state index contributed by atoms with van der Waals surface area (Å²) in [6.07, 6.45) is 0.684. The highest BCUT2D eigenvalue weighted by Gasteiger charge is 2.17. The van der Waals surface area contributed by atoms with E-state index in [2.05, 4.69) is 5.32 Å². The first-order valence-electron chi connectivity index (χ1n) is 8.41. The molecule has 138 valence electrons. The van der Waals surface area contributed by atoms with Crippen molar-refractivity contribution in [2.75, 3.05) is 33.5 Å². The van der Waals surface area contributed by atoms with E-state index in [1.54, 1.807) is 49.6 Å². The second kappa shape index (κ2) is 10.3. The standard InChI is InChI=1S/C20H23NO5/c1-25-13-14-26-12-6-11-21-19(22)17-9-4-2-7-15(17)16-8-3-5-10-18(16)20(23)24/h2-5,7-10H,6,11-14H2,1H3,(H,21,22)(H,23,24). The van der Waals surface area contributed by atoms with Gasteiger partial charge in [0.15, 0.2) is 0 Å². The molecular weight excluding hydrogens is 334 g/mol. The van der Waals surface area contributed by atoms with Crippen LogP contribution in [0.1, 0.15) is 27.1 Å². The Hall–Kier alpha value is -2.70. The summed E-state index contributed by atoms with van der Waals surface area (Å²) in [6.45, 7) is 2.08. The molecule has 6 nitrogen and oxygen atoms in total. The lowest BCUT2D eigenvalue weighted by Crippen LogP contribution is -2.26. The summed E-state index contributed by atoms with van der Waals surface area (Å²) in [5, 5.41) is 12.2. The fourth-order valence-electron chi connectivity index (χ4n) is 2.54. The SMILES string of the molecule is COCCOCCCNC(=O)c1ccccc1-c1ccccc1C(=O)O. The van der Waals surface area contributed by atoms with Crippen LogP contribution in [0.25, 0.3) is 11.1 Å². The molecule has 0 aliphatic heterocycles. The van der Waals surface area contributed by atoms with Crippen molar-refractivity contribution in [3.63, 3.8) is 0 Å². The van der Waals surface area contributed by atoms with Gasteiger partial charge in [0.05, 0.1) is 18.8 Å². The van der Waals surface area contributed by atoms with Crippen molar-refractivity contribution in [3.8, 4) is 11.1 Å². The summed E-state index contributed by atoms with van der Waals surface area (Å²) in [5.41, 5.74) is 1.73. The average molecular weight is 357 g/mol. The van der Waals surface area contributed by atoms with Gasteiger partial charge in [-0.25, -0.2) is 4.79 Å². The van der Waals surface area contributed by atoms with E-state index >= 15 is 0 Å². The van der Waals surface area contributed by atoms with Gasteiger partial charge in [0.1, 0.15) is 0 Å². The molecule has 2 aromatic carbocycles. The Morgan fingerprint density at radius 3 is 2.19 bits per heavy atom. The molecule has 6 heteroatoms. The number of hydrogen-bond donors (Lipinski definition) is 2. The van der Waals surface area contributed by atoms with Crippen molar-refractivity contribution in [2.45, 2.75) is 6.42 Å². The topological polar surface area (TPSA) is 84.9 Å². The lowest BCUT2D eigenvalue weighted by Gasteiger charge is -2.12. The number of rotatable bonds is 10. The molecule has 0 heterocycles. The number of benzene rings is 2. The maximum absolute atomic E-state index is 12.5. The molecule has 0 bridgehead atoms. The summed E-state index contributed by atoms with van der Waals surface area (Å²) in [5.74, 6) is -1.26. The van der Waals surface area contributed by atoms with Crippen LogP contribution in [0.2, 0.25) is 0 Å². The highest BCUT2D eigenvalue weighted by atomic mass is 16.5. The third-order valence-electron chi connectivity index (χ3n) is 3.80. The summed E-state index contributed by atoms with van der Waals surface area (Å²) in [6, 6.07) is 13.7. The molecule has 26 heavy (non-hydrogen) atoms. The minimum atomic E-state index is -1.02. The number of carboxylic acids is 1. The molecule has 0 fully saturated rings. The Balaban J connectivity index is 2.05. The predicted molar refractivity (Wildman–Crippen MR) is 98.5 cm³/mol. The monoisotopic (exact) mass is 357 g/mol. The molecule has 0 radical (unpaired) electrons. The Kier molecular flexibility index (Phi) is 7.79. The quantitative estimate of drug-likeness (QED) is 0.639. The number of hydrogen-bond acceptors (Lipinski definition) is 4. The van der Waals surface area contributed by atoms with Crippen LogP contribution in [0.4, 0.5) is 0 Å². The third-order valence-corrected chi connectivity index (χ3v) is 3.80. The maximum atomic E-state index is 12.5. The number of carboxylic acid groups (broad SMARTS) is 1. The Bertz CT molecular complexity index is 744. The number of aromatic carboxylic acids is 1. The molecule has 0 saturated carbocycles. The fraction of sp³-hybridized carbons (Fsp3) is 0.300. The van der Waals surface area contributed by atoms with Crippen molar-refractivity contribution in [1.29, 1.82) is 0 Å². The first-order valence-corrected chi connectivity index (χ1v) is 8.41. The molecule has 0 atom stereocenters. The maximum Gasteiger partial charge on any atom is 0.336 e. The molecule has 0 aromatic heterocycles. The van der Waals surface area contributed by atoms with Crippen LogP contribution >= 0.6 is 0 Å². The van der Waals surface area contributed by atoms with Crippen LogP contribution in [-0.4, -0.2) is 50.5 Å². The lowest BCUT2D eigenvalue weighted by atomic mass is 9.95. The van der Waals surface area contributed by atoms with Crippen LogP contribution in [0.15, 0.2) is 48.5 Å². The van der Waals surface area contributed by atoms with E-state index in [-0.39, 0.29) is 11.5 Å². The normalized spacial score (nSPS) is 10.5. The van der Waals surface area contributed by atoms with Gasteiger partial charge in [0.25, 0.3) is 5.91 Å². The number of nitrogens with one attached hydrogen (secondary N) is 1. The van der Waals surface area contributed by atoms with Gasteiger partial charge >= 0.3 is 5.97 Å². The largest absolute Gasteiger partial charge is 0.478 e. The van der Waals surface area contributed by atoms with Gasteiger partial charge in [0, 0.05) is 25.8 Å². The number of carbonyl (C=O) groups excluding carboxylic acids is 1. The van der Waals surface area contributed by atoms with E-state index in [0.29, 0.717) is 49.5 Å². The molecule has 2 aromatic rings. The Morgan fingerprint density at radius 1 is 0.923 bits per heavy atom. The van der Waals surface area contributed by atoms with Crippen LogP contribution in [0.3, 0.4) is 0 Å². The smallest absolute Gasteiger partial charge is 0.336 e. The molecule has 1 amide bonds. The van der Waals surface area contributed by atoms with E-state index in [0.717, 1.165) is 0 Å². The molecule has 2 rings (SSSR count). The summed E-state index contributed by atoms with van der Waals surface area (Å²) in [4.78, 5) is 24.0. The van der Waals surface area contributed by atoms with Crippen molar-refractivity contribution in [2.24, 2.45) is 0 Å². The van der Waals surface area contributed by atoms with E-state index in [4.69, 9.17) is 9.47 Å². The molecule has 0 aliphatic rings. The van der Waals surface area contributed by atoms with Gasteiger partial charge < -0.3 is 19.9 Å². The number of methoxy groups -OCH3 is 1. The van der Waals surface area contributed by atoms with Gasteiger partial charge in [0.2, 0.25) is 0 Å². The second-order valence-electron chi connectivity index (χ2n) is 5.61. The molecule has 0 spiro atoms. The molecule has 0 saturated heterocycles. The minimum absolute atomic E-state index is 0.166. The van der Waals surface area contributed by atoms with Crippen LogP contribution in [0.5, 0.6) is 0 Å². The average Bonchev–Trinajstić information content (AvgIpc) is 2.67. The van der Waals surface area contributed by atoms with Gasteiger partial charge in [-0.3, -0.25) is 4.79 Å². The van der Waals surface area contributed by atoms with Gasteiger partial charge in [-0.1, -0.05) is 36.4 Å². The van der Waals surface area contributed by atoms with E-state index < -0.39 is 5.97 Å². The third kappa shape index (κ3) is 5.40. The van der Waals surface area contributed by atoms with Crippen molar-refractivity contribution < 1.29 is 24.2 Å². The first-order chi connectivity index (χ1) is 12.6. The number of amides is 1. The first kappa shape index (κ1) is 19.6. The van der Waals surface area contributed by atoms with E-state index in [1.165, 1.54) is 6.07 Å². The van der Waals surface area contributed by atoms with E-state index in [9.17, 15) is 14.7 Å². The van der Waals surface area contributed by atoms with Gasteiger partial charge in [-0.15, -0.1) is 0 Å².